The fourth-order valence-electron chi connectivity index (χ4n) is 6.51. The van der Waals surface area contributed by atoms with Gasteiger partial charge in [-0.15, -0.1) is 0 Å². The van der Waals surface area contributed by atoms with Crippen LogP contribution in [0.2, 0.25) is 0 Å². The van der Waals surface area contributed by atoms with Gasteiger partial charge in [0.25, 0.3) is 0 Å². The van der Waals surface area contributed by atoms with Crippen molar-refractivity contribution < 1.29 is 28.6 Å². The summed E-state index contributed by atoms with van der Waals surface area (Å²) in [5.41, 5.74) is 0. The fourth-order valence-corrected chi connectivity index (χ4v) is 6.51. The van der Waals surface area contributed by atoms with E-state index in [1.54, 1.807) is 0 Å². The van der Waals surface area contributed by atoms with E-state index in [-0.39, 0.29) is 44.0 Å². The van der Waals surface area contributed by atoms with Gasteiger partial charge in [-0.05, 0) is 57.8 Å². The first-order chi connectivity index (χ1) is 33.0. The number of hydrogen-bond donors (Lipinski definition) is 0. The minimum absolute atomic E-state index is 0.117. The molecule has 0 fully saturated rings. The predicted octanol–water partition coefficient (Wildman–Crippen LogP) is 17.4. The van der Waals surface area contributed by atoms with Crippen molar-refractivity contribution in [2.45, 2.75) is 194 Å². The summed E-state index contributed by atoms with van der Waals surface area (Å²) in [6, 6.07) is 0. The molecule has 1 atom stereocenters. The Bertz CT molecular complexity index is 1570. The van der Waals surface area contributed by atoms with Crippen LogP contribution >= 0.6 is 0 Å². The van der Waals surface area contributed by atoms with E-state index in [0.717, 1.165) is 70.6 Å². The van der Waals surface area contributed by atoms with Gasteiger partial charge in [0.1, 0.15) is 13.2 Å². The largest absolute Gasteiger partial charge is 0.462 e. The molecule has 0 rings (SSSR count). The molecule has 6 nitrogen and oxygen atoms in total. The van der Waals surface area contributed by atoms with Gasteiger partial charge in [-0.3, -0.25) is 14.4 Å². The molecule has 0 aromatic rings. The van der Waals surface area contributed by atoms with Gasteiger partial charge >= 0.3 is 17.9 Å². The van der Waals surface area contributed by atoms with Crippen molar-refractivity contribution >= 4 is 17.9 Å². The third-order valence-electron chi connectivity index (χ3n) is 10.4. The van der Waals surface area contributed by atoms with Crippen molar-refractivity contribution in [3.05, 3.63) is 158 Å². The van der Waals surface area contributed by atoms with Gasteiger partial charge in [-0.2, -0.15) is 0 Å². The maximum absolute atomic E-state index is 12.8. The van der Waals surface area contributed by atoms with Crippen molar-refractivity contribution in [1.29, 1.82) is 0 Å². The standard InChI is InChI=1S/C61H92O6/c1-4-7-10-13-16-19-22-25-27-29-30-32-33-36-39-42-45-48-51-54-60(63)66-57-58(56-65-59(62)53-50-47-44-41-38-35-24-21-18-15-12-9-6-3)67-61(64)55-52-49-46-43-40-37-34-31-28-26-23-20-17-14-11-8-5-2/h7-8,10-11,13-14,16-17,19-20,22-23,25-34,36-37,39-40,58H,4-6,9,12,15,18,21,24,35,38,41-57H2,1-3H3/b10-7-,11-8-,16-13-,17-14-,22-19-,23-20-,27-25-,28-26-,30-29+,33-32-,34-31+,39-36-,40-37-. The van der Waals surface area contributed by atoms with E-state index in [1.807, 2.05) is 134 Å². The zero-order valence-electron chi connectivity index (χ0n) is 42.3. The first-order valence-corrected chi connectivity index (χ1v) is 26.2. The van der Waals surface area contributed by atoms with Gasteiger partial charge < -0.3 is 14.2 Å². The molecule has 0 aliphatic carbocycles. The molecular formula is C61H92O6. The number of rotatable bonds is 44. The molecule has 0 amide bonds. The molecule has 0 aliphatic rings. The van der Waals surface area contributed by atoms with E-state index >= 15 is 0 Å². The van der Waals surface area contributed by atoms with Crippen LogP contribution in [0.4, 0.5) is 0 Å². The van der Waals surface area contributed by atoms with Crippen LogP contribution in [0.1, 0.15) is 188 Å². The Morgan fingerprint density at radius 1 is 0.313 bits per heavy atom. The molecule has 0 N–H and O–H groups in total. The molecule has 1 unspecified atom stereocenters. The Balaban J connectivity index is 4.62. The molecule has 372 valence electrons. The zero-order valence-corrected chi connectivity index (χ0v) is 42.3. The molecule has 0 bridgehead atoms. The number of ether oxygens (including phenoxy) is 3. The van der Waals surface area contributed by atoms with Crippen LogP contribution in [0.5, 0.6) is 0 Å². The summed E-state index contributed by atoms with van der Waals surface area (Å²) in [7, 11) is 0. The Morgan fingerprint density at radius 2 is 0.582 bits per heavy atom. The summed E-state index contributed by atoms with van der Waals surface area (Å²) in [6.07, 6.45) is 77.8. The van der Waals surface area contributed by atoms with Crippen LogP contribution in [-0.2, 0) is 28.6 Å². The van der Waals surface area contributed by atoms with Crippen LogP contribution in [0, 0.1) is 0 Å². The van der Waals surface area contributed by atoms with E-state index in [0.29, 0.717) is 19.3 Å². The summed E-state index contributed by atoms with van der Waals surface area (Å²) >= 11 is 0. The van der Waals surface area contributed by atoms with Gasteiger partial charge in [-0.25, -0.2) is 0 Å². The lowest BCUT2D eigenvalue weighted by atomic mass is 10.0. The number of carbonyl (C=O) groups is 3. The highest BCUT2D eigenvalue weighted by Gasteiger charge is 2.19. The van der Waals surface area contributed by atoms with Crippen LogP contribution in [0.25, 0.3) is 0 Å². The van der Waals surface area contributed by atoms with Crippen molar-refractivity contribution in [1.82, 2.24) is 0 Å². The van der Waals surface area contributed by atoms with Gasteiger partial charge in [0.15, 0.2) is 6.10 Å². The highest BCUT2D eigenvalue weighted by atomic mass is 16.6. The molecule has 6 heteroatoms. The Morgan fingerprint density at radius 3 is 0.910 bits per heavy atom. The van der Waals surface area contributed by atoms with Crippen LogP contribution in [0.3, 0.4) is 0 Å². The van der Waals surface area contributed by atoms with E-state index in [4.69, 9.17) is 14.2 Å². The molecule has 67 heavy (non-hydrogen) atoms. The van der Waals surface area contributed by atoms with Crippen molar-refractivity contribution in [3.63, 3.8) is 0 Å². The summed E-state index contributed by atoms with van der Waals surface area (Å²) in [4.78, 5) is 38.0. The average Bonchev–Trinajstić information content (AvgIpc) is 3.33. The smallest absolute Gasteiger partial charge is 0.306 e. The van der Waals surface area contributed by atoms with E-state index < -0.39 is 6.10 Å². The van der Waals surface area contributed by atoms with Crippen molar-refractivity contribution in [3.8, 4) is 0 Å². The SMILES string of the molecule is CC\C=C/C=C\C=C/C=C\C=C\C=C/C=C\CCCCCC(=O)OCC(COC(=O)CCCCCCCCCCCCCCC)OC(=O)CCCCC\C=C/C=C/C=C\C=C/C=C\C=C/CC. The summed E-state index contributed by atoms with van der Waals surface area (Å²) in [6.45, 7) is 6.24. The third kappa shape index (κ3) is 51.9. The van der Waals surface area contributed by atoms with Crippen LogP contribution in [0.15, 0.2) is 158 Å². The second kappa shape index (κ2) is 53.6. The van der Waals surface area contributed by atoms with E-state index in [1.165, 1.54) is 64.2 Å². The molecule has 0 radical (unpaired) electrons. The van der Waals surface area contributed by atoms with Gasteiger partial charge in [-0.1, -0.05) is 269 Å². The number of carbonyl (C=O) groups excluding carboxylic acids is 3. The van der Waals surface area contributed by atoms with Gasteiger partial charge in [0, 0.05) is 19.3 Å². The number of esters is 3. The summed E-state index contributed by atoms with van der Waals surface area (Å²) in [5, 5.41) is 0. The molecule has 0 aliphatic heterocycles. The fraction of sp³-hybridized carbons (Fsp3) is 0.525. The number of allylic oxidation sites excluding steroid dienone is 26. The lowest BCUT2D eigenvalue weighted by Gasteiger charge is -2.18. The minimum atomic E-state index is -0.827. The second-order valence-corrected chi connectivity index (χ2v) is 16.7. The third-order valence-corrected chi connectivity index (χ3v) is 10.4. The Kier molecular flexibility index (Phi) is 49.7. The molecule has 0 aromatic carbocycles. The molecule has 0 spiro atoms. The molecule has 0 saturated carbocycles. The molecule has 0 heterocycles. The Hall–Kier alpha value is -4.97. The van der Waals surface area contributed by atoms with Crippen molar-refractivity contribution in [2.24, 2.45) is 0 Å². The topological polar surface area (TPSA) is 78.9 Å². The normalized spacial score (nSPS) is 13.4. The average molecular weight is 921 g/mol. The zero-order chi connectivity index (χ0) is 48.6. The number of unbranched alkanes of at least 4 members (excludes halogenated alkanes) is 18. The lowest BCUT2D eigenvalue weighted by molar-refractivity contribution is -0.167. The molecule has 0 aromatic heterocycles. The van der Waals surface area contributed by atoms with Gasteiger partial charge in [0.2, 0.25) is 0 Å². The monoisotopic (exact) mass is 921 g/mol. The molecule has 0 saturated heterocycles. The highest BCUT2D eigenvalue weighted by Crippen LogP contribution is 2.14. The van der Waals surface area contributed by atoms with E-state index in [2.05, 4.69) is 45.1 Å². The number of hydrogen-bond acceptors (Lipinski definition) is 6. The van der Waals surface area contributed by atoms with Crippen LogP contribution in [-0.4, -0.2) is 37.2 Å². The molecular weight excluding hydrogens is 829 g/mol. The quantitative estimate of drug-likeness (QED) is 0.0262. The predicted molar refractivity (Wildman–Crippen MR) is 288 cm³/mol. The van der Waals surface area contributed by atoms with Crippen LogP contribution < -0.4 is 0 Å². The lowest BCUT2D eigenvalue weighted by Crippen LogP contribution is -2.30. The van der Waals surface area contributed by atoms with Crippen molar-refractivity contribution in [2.75, 3.05) is 13.2 Å². The second-order valence-electron chi connectivity index (χ2n) is 16.7. The van der Waals surface area contributed by atoms with E-state index in [9.17, 15) is 14.4 Å². The maximum atomic E-state index is 12.8. The summed E-state index contributed by atoms with van der Waals surface area (Å²) in [5.74, 6) is -1.02. The first kappa shape index (κ1) is 62.0. The maximum Gasteiger partial charge on any atom is 0.306 e. The minimum Gasteiger partial charge on any atom is -0.462 e. The van der Waals surface area contributed by atoms with Gasteiger partial charge in [0.05, 0.1) is 0 Å². The Labute approximate surface area is 409 Å². The highest BCUT2D eigenvalue weighted by molar-refractivity contribution is 5.71. The summed E-state index contributed by atoms with van der Waals surface area (Å²) < 4.78 is 16.7. The first-order valence-electron chi connectivity index (χ1n) is 26.2.